The number of benzene rings is 1. The molecule has 1 saturated carbocycles. The second-order valence-corrected chi connectivity index (χ2v) is 9.04. The number of nitrogens with one attached hydrogen (secondary N) is 1. The van der Waals surface area contributed by atoms with E-state index in [0.29, 0.717) is 52.6 Å². The molecular formula is C22H21F3N4O4S. The fraction of sp³-hybridized carbons (Fsp3) is 0.364. The van der Waals surface area contributed by atoms with Crippen molar-refractivity contribution in [2.75, 3.05) is 12.4 Å². The number of halogens is 3. The molecule has 0 unspecified atom stereocenters. The third-order valence-corrected chi connectivity index (χ3v) is 6.93. The Bertz CT molecular complexity index is 1190. The highest BCUT2D eigenvalue weighted by molar-refractivity contribution is 7.15. The quantitative estimate of drug-likeness (QED) is 0.446. The van der Waals surface area contributed by atoms with E-state index in [1.807, 2.05) is 0 Å². The molecule has 0 bridgehead atoms. The summed E-state index contributed by atoms with van der Waals surface area (Å²) in [7, 11) is 1.46. The Morgan fingerprint density at radius 2 is 1.97 bits per heavy atom. The van der Waals surface area contributed by atoms with Crippen molar-refractivity contribution < 1.29 is 32.9 Å². The molecule has 1 aliphatic carbocycles. The second kappa shape index (κ2) is 9.18. The van der Waals surface area contributed by atoms with Gasteiger partial charge in [0.2, 0.25) is 5.95 Å². The number of carbonyl (C=O) groups is 1. The number of hydrogen-bond acceptors (Lipinski definition) is 8. The van der Waals surface area contributed by atoms with Gasteiger partial charge in [0.1, 0.15) is 22.1 Å². The lowest BCUT2D eigenvalue weighted by atomic mass is 9.79. The third-order valence-electron chi connectivity index (χ3n) is 5.69. The van der Waals surface area contributed by atoms with E-state index in [1.54, 1.807) is 24.4 Å². The van der Waals surface area contributed by atoms with Gasteiger partial charge in [-0.3, -0.25) is 4.79 Å². The molecule has 12 heteroatoms. The summed E-state index contributed by atoms with van der Waals surface area (Å²) in [5.41, 5.74) is -1.18. The number of carboxylic acids is 1. The molecule has 0 amide bonds. The molecule has 0 radical (unpaired) electrons. The van der Waals surface area contributed by atoms with Gasteiger partial charge in [0.05, 0.1) is 17.9 Å². The van der Waals surface area contributed by atoms with E-state index in [4.69, 9.17) is 4.74 Å². The topological polar surface area (TPSA) is 117 Å². The number of rotatable bonds is 6. The van der Waals surface area contributed by atoms with Crippen molar-refractivity contribution in [1.82, 2.24) is 15.0 Å². The number of aliphatic hydroxyl groups is 1. The molecule has 0 saturated heterocycles. The van der Waals surface area contributed by atoms with Gasteiger partial charge < -0.3 is 20.3 Å². The third kappa shape index (κ3) is 5.12. The zero-order valence-corrected chi connectivity index (χ0v) is 18.8. The van der Waals surface area contributed by atoms with Crippen molar-refractivity contribution in [3.8, 4) is 16.2 Å². The van der Waals surface area contributed by atoms with Crippen molar-refractivity contribution in [3.05, 3.63) is 47.4 Å². The molecule has 2 heterocycles. The van der Waals surface area contributed by atoms with Crippen LogP contribution < -0.4 is 10.1 Å². The van der Waals surface area contributed by atoms with Gasteiger partial charge in [-0.2, -0.15) is 13.2 Å². The molecule has 3 aromatic rings. The average molecular weight is 494 g/mol. The van der Waals surface area contributed by atoms with E-state index in [2.05, 4.69) is 20.3 Å². The normalized spacial score (nSPS) is 20.7. The maximum Gasteiger partial charge on any atom is 0.433 e. The minimum Gasteiger partial charge on any atom is -0.497 e. The number of aromatic nitrogens is 3. The van der Waals surface area contributed by atoms with Crippen LogP contribution in [0.15, 0.2) is 36.7 Å². The van der Waals surface area contributed by atoms with Crippen molar-refractivity contribution in [3.63, 3.8) is 0 Å². The molecule has 0 atom stereocenters. The largest absolute Gasteiger partial charge is 0.497 e. The summed E-state index contributed by atoms with van der Waals surface area (Å²) in [6, 6.07) is 5.81. The summed E-state index contributed by atoms with van der Waals surface area (Å²) in [4.78, 5) is 23.7. The van der Waals surface area contributed by atoms with Crippen molar-refractivity contribution in [2.24, 2.45) is 5.92 Å². The summed E-state index contributed by atoms with van der Waals surface area (Å²) in [5, 5.41) is 23.5. The molecule has 0 aliphatic heterocycles. The molecule has 180 valence electrons. The smallest absolute Gasteiger partial charge is 0.433 e. The second-order valence-electron chi connectivity index (χ2n) is 8.01. The number of aliphatic carboxylic acids is 1. The standard InChI is InChI=1S/C22H21F3N4O4S/c1-33-15-9-13(8-14(10-15)28-20-26-7-4-17(29-20)22(23,24)25)16-11-27-19(34-16)21(32)5-2-12(3-6-21)18(30)31/h4,7-12,32H,2-3,5-6H2,1H3,(H,30,31)(H,26,28,29)/t12-,21-. The van der Waals surface area contributed by atoms with Gasteiger partial charge in [-0.25, -0.2) is 15.0 Å². The number of anilines is 2. The van der Waals surface area contributed by atoms with Gasteiger partial charge in [-0.05, 0) is 49.4 Å². The Kier molecular flexibility index (Phi) is 6.45. The number of hydrogen-bond donors (Lipinski definition) is 3. The lowest BCUT2D eigenvalue weighted by molar-refractivity contribution is -0.145. The van der Waals surface area contributed by atoms with Crippen molar-refractivity contribution >= 4 is 28.9 Å². The monoisotopic (exact) mass is 494 g/mol. The highest BCUT2D eigenvalue weighted by Crippen LogP contribution is 2.43. The number of carboxylic acid groups (broad SMARTS) is 1. The number of ether oxygens (including phenoxy) is 1. The molecule has 2 aromatic heterocycles. The van der Waals surface area contributed by atoms with E-state index in [1.165, 1.54) is 18.4 Å². The van der Waals surface area contributed by atoms with Gasteiger partial charge in [0, 0.05) is 24.1 Å². The molecule has 4 rings (SSSR count). The predicted octanol–water partition coefficient (Wildman–Crippen LogP) is 4.83. The summed E-state index contributed by atoms with van der Waals surface area (Å²) in [5.74, 6) is -1.10. The number of alkyl halides is 3. The van der Waals surface area contributed by atoms with Crippen molar-refractivity contribution in [1.29, 1.82) is 0 Å². The molecule has 34 heavy (non-hydrogen) atoms. The summed E-state index contributed by atoms with van der Waals surface area (Å²) in [6.07, 6.45) is -0.643. The van der Waals surface area contributed by atoms with Gasteiger partial charge in [-0.1, -0.05) is 0 Å². The van der Waals surface area contributed by atoms with E-state index in [9.17, 15) is 28.2 Å². The number of methoxy groups -OCH3 is 1. The van der Waals surface area contributed by atoms with Gasteiger partial charge >= 0.3 is 12.1 Å². The van der Waals surface area contributed by atoms with Crippen LogP contribution in [0.1, 0.15) is 36.4 Å². The fourth-order valence-electron chi connectivity index (χ4n) is 3.82. The van der Waals surface area contributed by atoms with Gasteiger partial charge in [0.25, 0.3) is 0 Å². The Hall–Kier alpha value is -3.25. The van der Waals surface area contributed by atoms with Crippen LogP contribution in [0.3, 0.4) is 0 Å². The maximum atomic E-state index is 13.0. The molecular weight excluding hydrogens is 473 g/mol. The first-order valence-corrected chi connectivity index (χ1v) is 11.2. The van der Waals surface area contributed by atoms with Gasteiger partial charge in [0.15, 0.2) is 0 Å². The lowest BCUT2D eigenvalue weighted by Crippen LogP contribution is -2.33. The zero-order valence-electron chi connectivity index (χ0n) is 18.0. The zero-order chi connectivity index (χ0) is 24.5. The Labute approximate surface area is 196 Å². The van der Waals surface area contributed by atoms with Crippen LogP contribution in [0.2, 0.25) is 0 Å². The Balaban J connectivity index is 1.59. The highest BCUT2D eigenvalue weighted by Gasteiger charge is 2.39. The van der Waals surface area contributed by atoms with Crippen LogP contribution in [-0.4, -0.2) is 38.2 Å². The lowest BCUT2D eigenvalue weighted by Gasteiger charge is -2.32. The Morgan fingerprint density at radius 3 is 2.62 bits per heavy atom. The summed E-state index contributed by atoms with van der Waals surface area (Å²) < 4.78 is 44.2. The van der Waals surface area contributed by atoms with Crippen LogP contribution >= 0.6 is 11.3 Å². The molecule has 8 nitrogen and oxygen atoms in total. The van der Waals surface area contributed by atoms with E-state index in [0.717, 1.165) is 12.3 Å². The van der Waals surface area contributed by atoms with Crippen LogP contribution in [0.5, 0.6) is 5.75 Å². The Morgan fingerprint density at radius 1 is 1.24 bits per heavy atom. The van der Waals surface area contributed by atoms with Crippen molar-refractivity contribution in [2.45, 2.75) is 37.5 Å². The molecule has 3 N–H and O–H groups in total. The summed E-state index contributed by atoms with van der Waals surface area (Å²) >= 11 is 1.27. The van der Waals surface area contributed by atoms with Crippen LogP contribution in [0.25, 0.3) is 10.4 Å². The molecule has 1 aromatic carbocycles. The fourth-order valence-corrected chi connectivity index (χ4v) is 4.87. The highest BCUT2D eigenvalue weighted by atomic mass is 32.1. The van der Waals surface area contributed by atoms with E-state index in [-0.39, 0.29) is 5.95 Å². The minimum atomic E-state index is -4.60. The van der Waals surface area contributed by atoms with Crippen LogP contribution in [0, 0.1) is 5.92 Å². The maximum absolute atomic E-state index is 13.0. The molecule has 1 fully saturated rings. The molecule has 0 spiro atoms. The van der Waals surface area contributed by atoms with Crippen LogP contribution in [0.4, 0.5) is 24.8 Å². The first kappa shape index (κ1) is 23.9. The number of thiazole rings is 1. The first-order chi connectivity index (χ1) is 16.1. The average Bonchev–Trinajstić information content (AvgIpc) is 3.30. The summed E-state index contributed by atoms with van der Waals surface area (Å²) in [6.45, 7) is 0. The first-order valence-electron chi connectivity index (χ1n) is 10.4. The molecule has 1 aliphatic rings. The van der Waals surface area contributed by atoms with Gasteiger partial charge in [-0.15, -0.1) is 11.3 Å². The van der Waals surface area contributed by atoms with E-state index >= 15 is 0 Å². The minimum absolute atomic E-state index is 0.219. The predicted molar refractivity (Wildman–Crippen MR) is 118 cm³/mol. The SMILES string of the molecule is COc1cc(Nc2nccc(C(F)(F)F)n2)cc(-c2cnc([C@]3(O)CC[C@H](C(=O)O)CC3)s2)c1. The van der Waals surface area contributed by atoms with E-state index < -0.39 is 29.4 Å². The van der Waals surface area contributed by atoms with Crippen LogP contribution in [-0.2, 0) is 16.6 Å². The number of nitrogens with zero attached hydrogens (tertiary/aromatic N) is 3.